The summed E-state index contributed by atoms with van der Waals surface area (Å²) in [5, 5.41) is 19.1. The van der Waals surface area contributed by atoms with Gasteiger partial charge < -0.3 is 14.9 Å². The number of ketones is 1. The van der Waals surface area contributed by atoms with Gasteiger partial charge in [0.15, 0.2) is 5.78 Å². The highest BCUT2D eigenvalue weighted by Gasteiger charge is 2.70. The molecule has 0 aromatic rings. The minimum absolute atomic E-state index is 0.0135. The van der Waals surface area contributed by atoms with Gasteiger partial charge in [-0.25, -0.2) is 4.79 Å². The van der Waals surface area contributed by atoms with Crippen molar-refractivity contribution in [3.05, 3.63) is 23.3 Å². The average Bonchev–Trinajstić information content (AvgIpc) is 3.21. The number of fused-ring (bicyclic) bond motifs is 7. The van der Waals surface area contributed by atoms with E-state index in [1.807, 2.05) is 6.08 Å². The number of esters is 1. The highest BCUT2D eigenvalue weighted by atomic mass is 16.5. The van der Waals surface area contributed by atoms with Crippen LogP contribution in [0, 0.1) is 56.2 Å². The minimum Gasteiger partial charge on any atom is -0.481 e. The fourth-order valence-electron chi connectivity index (χ4n) is 11.9. The quantitative estimate of drug-likeness (QED) is 0.217. The number of carbonyl (C=O) groups is 4. The molecular formula is C38H56O7. The summed E-state index contributed by atoms with van der Waals surface area (Å²) < 4.78 is 6.11. The number of carbonyl (C=O) groups excluding carboxylic acids is 2. The van der Waals surface area contributed by atoms with Gasteiger partial charge in [-0.2, -0.15) is 0 Å². The second-order valence-electron chi connectivity index (χ2n) is 17.7. The summed E-state index contributed by atoms with van der Waals surface area (Å²) in [6, 6.07) is 0. The third-order valence-corrected chi connectivity index (χ3v) is 14.4. The second-order valence-corrected chi connectivity index (χ2v) is 17.7. The molecule has 0 amide bonds. The molecule has 5 aliphatic carbocycles. The molecule has 0 bridgehead atoms. The number of Topliss-reactive ketones (excluding diaryl/α,β-unsaturated/α-hetero) is 1. The van der Waals surface area contributed by atoms with Crippen molar-refractivity contribution in [2.75, 3.05) is 0 Å². The van der Waals surface area contributed by atoms with Crippen molar-refractivity contribution in [2.24, 2.45) is 56.2 Å². The summed E-state index contributed by atoms with van der Waals surface area (Å²) in [5.74, 6) is -0.993. The molecule has 0 heterocycles. The van der Waals surface area contributed by atoms with Gasteiger partial charge >= 0.3 is 17.9 Å². The van der Waals surface area contributed by atoms with E-state index in [-0.39, 0.29) is 51.8 Å². The average molecular weight is 625 g/mol. The first-order chi connectivity index (χ1) is 20.7. The number of rotatable bonds is 7. The number of carboxylic acid groups (broad SMARTS) is 2. The van der Waals surface area contributed by atoms with Crippen LogP contribution in [-0.2, 0) is 23.9 Å². The second kappa shape index (κ2) is 10.8. The maximum atomic E-state index is 13.6. The lowest BCUT2D eigenvalue weighted by Crippen LogP contribution is -2.65. The van der Waals surface area contributed by atoms with Gasteiger partial charge in [0.2, 0.25) is 0 Å². The Morgan fingerprint density at radius 1 is 0.911 bits per heavy atom. The van der Waals surface area contributed by atoms with Crippen LogP contribution in [0.1, 0.15) is 127 Å². The van der Waals surface area contributed by atoms with Gasteiger partial charge in [0.25, 0.3) is 0 Å². The zero-order valence-electron chi connectivity index (χ0n) is 29.0. The molecule has 5 aliphatic rings. The van der Waals surface area contributed by atoms with E-state index in [9.17, 15) is 29.4 Å². The minimum atomic E-state index is -1.17. The van der Waals surface area contributed by atoms with Crippen molar-refractivity contribution in [3.63, 3.8) is 0 Å². The molecule has 0 aliphatic heterocycles. The van der Waals surface area contributed by atoms with Gasteiger partial charge in [0, 0.05) is 23.3 Å². The van der Waals surface area contributed by atoms with Gasteiger partial charge in [-0.15, -0.1) is 0 Å². The molecule has 45 heavy (non-hydrogen) atoms. The molecule has 5 rings (SSSR count). The zero-order chi connectivity index (χ0) is 33.5. The smallest absolute Gasteiger partial charge is 0.328 e. The van der Waals surface area contributed by atoms with Gasteiger partial charge in [-0.3, -0.25) is 14.4 Å². The largest absolute Gasteiger partial charge is 0.481 e. The van der Waals surface area contributed by atoms with Crippen LogP contribution in [0.15, 0.2) is 23.3 Å². The van der Waals surface area contributed by atoms with E-state index < -0.39 is 28.7 Å². The topological polar surface area (TPSA) is 118 Å². The summed E-state index contributed by atoms with van der Waals surface area (Å²) >= 11 is 0. The Morgan fingerprint density at radius 2 is 1.58 bits per heavy atom. The lowest BCUT2D eigenvalue weighted by atomic mass is 9.33. The van der Waals surface area contributed by atoms with E-state index >= 15 is 0 Å². The van der Waals surface area contributed by atoms with Gasteiger partial charge in [-0.1, -0.05) is 54.5 Å². The zero-order valence-corrected chi connectivity index (χ0v) is 29.0. The number of hydrogen-bond donors (Lipinski definition) is 2. The molecule has 2 N–H and O–H groups in total. The van der Waals surface area contributed by atoms with E-state index in [2.05, 4.69) is 48.5 Å². The van der Waals surface area contributed by atoms with E-state index in [0.717, 1.165) is 56.9 Å². The lowest BCUT2D eigenvalue weighted by molar-refractivity contribution is -0.232. The molecule has 4 fully saturated rings. The Hall–Kier alpha value is -2.44. The maximum Gasteiger partial charge on any atom is 0.328 e. The molecule has 0 aromatic heterocycles. The van der Waals surface area contributed by atoms with Crippen LogP contribution in [0.4, 0.5) is 0 Å². The van der Waals surface area contributed by atoms with Gasteiger partial charge in [0.05, 0.1) is 11.8 Å². The standard InChI is InChI=1S/C38H56O7/c1-22(2)30-24(39)20-38(17-14-28(40)41)19-18-36(8)23(31(30)38)10-11-26-35(7)15-13-27(45-29(42)21-33(3,4)32(43)44)34(5,6)25(35)12-16-37(26,36)9/h14,17,22-23,25-27H,10-13,15-16,18-21H2,1-9H3,(H,40,41)(H,43,44). The van der Waals surface area contributed by atoms with Crippen LogP contribution in [0.2, 0.25) is 0 Å². The molecule has 0 saturated heterocycles. The van der Waals surface area contributed by atoms with Gasteiger partial charge in [0.1, 0.15) is 6.10 Å². The van der Waals surface area contributed by atoms with Crippen LogP contribution in [0.3, 0.4) is 0 Å². The third-order valence-electron chi connectivity index (χ3n) is 14.4. The van der Waals surface area contributed by atoms with Crippen LogP contribution in [-0.4, -0.2) is 40.0 Å². The lowest BCUT2D eigenvalue weighted by Gasteiger charge is -2.72. The summed E-state index contributed by atoms with van der Waals surface area (Å²) in [6.45, 7) is 19.3. The monoisotopic (exact) mass is 624 g/mol. The van der Waals surface area contributed by atoms with Crippen molar-refractivity contribution in [1.82, 2.24) is 0 Å². The Balaban J connectivity index is 1.46. The number of aliphatic carboxylic acids is 2. The summed E-state index contributed by atoms with van der Waals surface area (Å²) in [6.07, 6.45) is 10.8. The van der Waals surface area contributed by atoms with E-state index in [1.165, 1.54) is 11.6 Å². The van der Waals surface area contributed by atoms with Crippen LogP contribution in [0.25, 0.3) is 0 Å². The first kappa shape index (κ1) is 33.9. The highest BCUT2D eigenvalue weighted by Crippen LogP contribution is 2.76. The Morgan fingerprint density at radius 3 is 2.18 bits per heavy atom. The fraction of sp³-hybridized carbons (Fsp3) is 0.789. The van der Waals surface area contributed by atoms with Crippen molar-refractivity contribution in [1.29, 1.82) is 0 Å². The summed E-state index contributed by atoms with van der Waals surface area (Å²) in [5.41, 5.74) is 0.411. The predicted octanol–water partition coefficient (Wildman–Crippen LogP) is 8.02. The number of hydrogen-bond acceptors (Lipinski definition) is 5. The maximum absolute atomic E-state index is 13.6. The summed E-state index contributed by atoms with van der Waals surface area (Å²) in [4.78, 5) is 49.9. The molecule has 0 radical (unpaired) electrons. The van der Waals surface area contributed by atoms with Crippen molar-refractivity contribution in [3.8, 4) is 0 Å². The van der Waals surface area contributed by atoms with Crippen molar-refractivity contribution in [2.45, 2.75) is 133 Å². The number of carboxylic acids is 2. The fourth-order valence-corrected chi connectivity index (χ4v) is 11.9. The van der Waals surface area contributed by atoms with Crippen LogP contribution < -0.4 is 0 Å². The Bertz CT molecular complexity index is 1350. The molecular weight excluding hydrogens is 568 g/mol. The van der Waals surface area contributed by atoms with Crippen molar-refractivity contribution < 1.29 is 34.1 Å². The first-order valence-corrected chi connectivity index (χ1v) is 17.3. The molecule has 8 unspecified atom stereocenters. The van der Waals surface area contributed by atoms with Crippen molar-refractivity contribution >= 4 is 23.7 Å². The number of allylic oxidation sites excluding steroid dienone is 3. The van der Waals surface area contributed by atoms with E-state index in [1.54, 1.807) is 13.8 Å². The Kier molecular flexibility index (Phi) is 8.14. The van der Waals surface area contributed by atoms with E-state index in [0.29, 0.717) is 18.3 Å². The number of ether oxygens (including phenoxy) is 1. The molecule has 250 valence electrons. The molecule has 4 saturated carbocycles. The molecule has 8 atom stereocenters. The molecule has 7 heteroatoms. The normalized spacial score (nSPS) is 40.9. The molecule has 7 nitrogen and oxygen atoms in total. The highest BCUT2D eigenvalue weighted by molar-refractivity contribution is 6.01. The third kappa shape index (κ3) is 4.96. The Labute approximate surface area is 269 Å². The van der Waals surface area contributed by atoms with Crippen LogP contribution >= 0.6 is 0 Å². The molecule has 0 spiro atoms. The SMILES string of the molecule is CC(C)C1=C2C3CCC4C5(C)CCC(OC(=O)CC(C)(C)C(=O)O)C(C)(C)C5CCC4(C)C3(C)CCC2(C=CC(=O)O)CC1=O. The first-order valence-electron chi connectivity index (χ1n) is 17.3. The van der Waals surface area contributed by atoms with Crippen LogP contribution in [0.5, 0.6) is 0 Å². The summed E-state index contributed by atoms with van der Waals surface area (Å²) in [7, 11) is 0. The predicted molar refractivity (Wildman–Crippen MR) is 172 cm³/mol. The van der Waals surface area contributed by atoms with E-state index in [4.69, 9.17) is 4.74 Å². The molecule has 0 aromatic carbocycles. The van der Waals surface area contributed by atoms with Gasteiger partial charge in [-0.05, 0) is 116 Å².